The van der Waals surface area contributed by atoms with Crippen molar-refractivity contribution in [1.82, 2.24) is 5.32 Å². The third-order valence-corrected chi connectivity index (χ3v) is 11.9. The summed E-state index contributed by atoms with van der Waals surface area (Å²) in [6.07, 6.45) is -9.66. The summed E-state index contributed by atoms with van der Waals surface area (Å²) in [5.74, 6) is -4.51. The molecule has 1 aromatic carbocycles. The molecule has 4 aliphatic rings. The van der Waals surface area contributed by atoms with Gasteiger partial charge in [-0.2, -0.15) is 0 Å². The zero-order valence-electron chi connectivity index (χ0n) is 32.4. The molecular formula is C40H55NO13. The molecule has 1 amide bonds. The molecule has 1 aromatic rings. The van der Waals surface area contributed by atoms with Crippen molar-refractivity contribution in [2.75, 3.05) is 13.2 Å². The normalized spacial score (nSPS) is 35.4. The molecule has 0 spiro atoms. The maximum atomic E-state index is 14.6. The standard InChI is InChI=1S/C40H55NO13/c1-20(2)15-23(41-35(48)52-18-36(4,5)6)28(43)34(47)53-24-17-40(50)32(54-33(46)22-13-11-10-12-14-22)30-38(9,25(42)16-26-39(30,49)19-51-26)31(45)29(44)27(21(24)3)37(40,7)8/h10-15,23-26,28-30,32,42-44,49-50H,16-19H2,1-9H3,(H,41,48)/t23-,24-,25-,26+,28+,29+,30-,32-,38+,39-,40+/m0/s1. The van der Waals surface area contributed by atoms with E-state index in [0.717, 1.165) is 0 Å². The molecule has 1 saturated heterocycles. The number of ether oxygens (including phenoxy) is 4. The van der Waals surface area contributed by atoms with Crippen LogP contribution in [0, 0.1) is 22.2 Å². The van der Waals surface area contributed by atoms with Crippen molar-refractivity contribution in [3.8, 4) is 0 Å². The SMILES string of the molecule is CC(C)=C[C@H](NC(=O)OCC(C)(C)C)[C@@H](O)C(=O)O[C@H]1C[C@@]2(O)[C@@H](OC(=O)c3ccccc3)[C@@H]3[C@]4(O)CO[C@@H]4C[C@H](O)[C@@]3(C)C(=O)[C@H](O)C(=C1C)C2(C)C. The van der Waals surface area contributed by atoms with Gasteiger partial charge in [0.25, 0.3) is 0 Å². The number of carbonyl (C=O) groups excluding carboxylic acids is 4. The van der Waals surface area contributed by atoms with Crippen LogP contribution in [0.5, 0.6) is 0 Å². The van der Waals surface area contributed by atoms with Crippen LogP contribution in [0.4, 0.5) is 4.79 Å². The van der Waals surface area contributed by atoms with Gasteiger partial charge in [0.2, 0.25) is 0 Å². The minimum atomic E-state index is -2.29. The van der Waals surface area contributed by atoms with Crippen molar-refractivity contribution >= 4 is 23.8 Å². The first kappa shape index (κ1) is 41.5. The fraction of sp³-hybridized carbons (Fsp3) is 0.650. The van der Waals surface area contributed by atoms with Crippen LogP contribution >= 0.6 is 0 Å². The number of alkyl carbamates (subject to hydrolysis) is 1. The summed E-state index contributed by atoms with van der Waals surface area (Å²) in [6.45, 7) is 14.7. The molecule has 1 heterocycles. The summed E-state index contributed by atoms with van der Waals surface area (Å²) in [5.41, 5.74) is -7.19. The number of amides is 1. The van der Waals surface area contributed by atoms with Crippen molar-refractivity contribution in [3.05, 3.63) is 58.7 Å². The lowest BCUT2D eigenvalue weighted by molar-refractivity contribution is -0.343. The van der Waals surface area contributed by atoms with Crippen molar-refractivity contribution in [2.24, 2.45) is 22.2 Å². The first-order valence-electron chi connectivity index (χ1n) is 18.3. The molecule has 14 nitrogen and oxygen atoms in total. The van der Waals surface area contributed by atoms with E-state index in [4.69, 9.17) is 18.9 Å². The molecule has 54 heavy (non-hydrogen) atoms. The van der Waals surface area contributed by atoms with Crippen LogP contribution in [0.3, 0.4) is 0 Å². The van der Waals surface area contributed by atoms with Gasteiger partial charge in [-0.25, -0.2) is 14.4 Å². The minimum Gasteiger partial charge on any atom is -0.456 e. The Morgan fingerprint density at radius 2 is 1.69 bits per heavy atom. The second kappa shape index (κ2) is 14.4. The van der Waals surface area contributed by atoms with E-state index in [1.165, 1.54) is 32.1 Å². The summed E-state index contributed by atoms with van der Waals surface area (Å²) in [6, 6.07) is 6.60. The predicted octanol–water partition coefficient (Wildman–Crippen LogP) is 2.53. The van der Waals surface area contributed by atoms with Gasteiger partial charge in [-0.05, 0) is 56.4 Å². The van der Waals surface area contributed by atoms with Crippen LogP contribution in [0.15, 0.2) is 53.1 Å². The van der Waals surface area contributed by atoms with Gasteiger partial charge in [0.05, 0.1) is 42.4 Å². The quantitative estimate of drug-likeness (QED) is 0.128. The van der Waals surface area contributed by atoms with E-state index >= 15 is 0 Å². The second-order valence-electron chi connectivity index (χ2n) is 17.5. The Morgan fingerprint density at radius 3 is 2.24 bits per heavy atom. The van der Waals surface area contributed by atoms with Crippen LogP contribution in [-0.4, -0.2) is 116 Å². The number of nitrogens with one attached hydrogen (secondary N) is 1. The summed E-state index contributed by atoms with van der Waals surface area (Å²) in [5, 5.41) is 62.8. The zero-order valence-corrected chi connectivity index (χ0v) is 32.4. The number of ketones is 1. The first-order chi connectivity index (χ1) is 24.9. The Balaban J connectivity index is 1.60. The third-order valence-electron chi connectivity index (χ3n) is 11.9. The van der Waals surface area contributed by atoms with E-state index in [1.54, 1.807) is 45.9 Å². The van der Waals surface area contributed by atoms with E-state index in [2.05, 4.69) is 5.32 Å². The van der Waals surface area contributed by atoms with Crippen LogP contribution in [0.2, 0.25) is 0 Å². The number of benzene rings is 1. The maximum absolute atomic E-state index is 14.6. The van der Waals surface area contributed by atoms with E-state index in [-0.39, 0.29) is 41.8 Å². The molecule has 2 saturated carbocycles. The lowest BCUT2D eigenvalue weighted by Crippen LogP contribution is -2.81. The molecule has 3 fully saturated rings. The number of carbonyl (C=O) groups is 4. The molecule has 0 unspecified atom stereocenters. The van der Waals surface area contributed by atoms with Crippen LogP contribution in [0.25, 0.3) is 0 Å². The molecule has 14 heteroatoms. The fourth-order valence-corrected chi connectivity index (χ4v) is 8.76. The first-order valence-corrected chi connectivity index (χ1v) is 18.3. The summed E-state index contributed by atoms with van der Waals surface area (Å²) in [4.78, 5) is 55.0. The highest BCUT2D eigenvalue weighted by Gasteiger charge is 2.76. The number of hydrogen-bond donors (Lipinski definition) is 6. The fourth-order valence-electron chi connectivity index (χ4n) is 8.76. The Morgan fingerprint density at radius 1 is 1.06 bits per heavy atom. The van der Waals surface area contributed by atoms with Crippen molar-refractivity contribution in [2.45, 2.75) is 129 Å². The molecule has 298 valence electrons. The molecule has 0 aromatic heterocycles. The lowest BCUT2D eigenvalue weighted by atomic mass is 9.44. The summed E-state index contributed by atoms with van der Waals surface area (Å²) >= 11 is 0. The molecule has 3 aliphatic carbocycles. The summed E-state index contributed by atoms with van der Waals surface area (Å²) < 4.78 is 23.0. The van der Waals surface area contributed by atoms with Gasteiger partial charge < -0.3 is 49.8 Å². The van der Waals surface area contributed by atoms with Crippen molar-refractivity contribution < 1.29 is 63.7 Å². The largest absolute Gasteiger partial charge is 0.456 e. The Kier molecular flexibility index (Phi) is 11.1. The van der Waals surface area contributed by atoms with Gasteiger partial charge in [-0.3, -0.25) is 4.79 Å². The second-order valence-corrected chi connectivity index (χ2v) is 17.5. The van der Waals surface area contributed by atoms with Crippen molar-refractivity contribution in [3.63, 3.8) is 0 Å². The number of aliphatic hydroxyl groups is 5. The summed E-state index contributed by atoms with van der Waals surface area (Å²) in [7, 11) is 0. The lowest BCUT2D eigenvalue weighted by Gasteiger charge is -2.66. The van der Waals surface area contributed by atoms with E-state index < -0.39 is 101 Å². The topological polar surface area (TPSA) is 218 Å². The monoisotopic (exact) mass is 757 g/mol. The number of aliphatic hydroxyl groups excluding tert-OH is 3. The van der Waals surface area contributed by atoms with Gasteiger partial charge in [0.15, 0.2) is 11.9 Å². The highest BCUT2D eigenvalue weighted by molar-refractivity contribution is 5.94. The van der Waals surface area contributed by atoms with Gasteiger partial charge in [-0.15, -0.1) is 0 Å². The molecule has 11 atom stereocenters. The highest BCUT2D eigenvalue weighted by Crippen LogP contribution is 2.63. The Hall–Kier alpha value is -3.66. The maximum Gasteiger partial charge on any atom is 0.407 e. The van der Waals surface area contributed by atoms with E-state index in [1.807, 2.05) is 20.8 Å². The van der Waals surface area contributed by atoms with Crippen LogP contribution in [0.1, 0.15) is 85.5 Å². The average Bonchev–Trinajstić information content (AvgIpc) is 3.08. The molecule has 2 bridgehead atoms. The number of hydrogen-bond acceptors (Lipinski definition) is 13. The van der Waals surface area contributed by atoms with E-state index in [0.29, 0.717) is 5.57 Å². The Labute approximate surface area is 315 Å². The number of esters is 2. The van der Waals surface area contributed by atoms with Crippen LogP contribution < -0.4 is 5.32 Å². The number of fused-ring (bicyclic) bond motifs is 5. The average molecular weight is 758 g/mol. The van der Waals surface area contributed by atoms with Gasteiger partial charge in [-0.1, -0.05) is 64.5 Å². The predicted molar refractivity (Wildman–Crippen MR) is 193 cm³/mol. The third kappa shape index (κ3) is 7.01. The molecule has 0 radical (unpaired) electrons. The highest BCUT2D eigenvalue weighted by atomic mass is 16.6. The van der Waals surface area contributed by atoms with Gasteiger partial charge >= 0.3 is 18.0 Å². The van der Waals surface area contributed by atoms with Gasteiger partial charge in [0.1, 0.15) is 29.5 Å². The number of rotatable bonds is 8. The van der Waals surface area contributed by atoms with Crippen molar-refractivity contribution in [1.29, 1.82) is 0 Å². The smallest absolute Gasteiger partial charge is 0.407 e. The molecule has 1 aliphatic heterocycles. The van der Waals surface area contributed by atoms with Gasteiger partial charge in [0, 0.05) is 24.2 Å². The number of allylic oxidation sites excluding steroid dienone is 1. The van der Waals surface area contributed by atoms with E-state index in [9.17, 15) is 44.7 Å². The molecular weight excluding hydrogens is 702 g/mol. The molecule has 6 N–H and O–H groups in total. The molecule has 5 rings (SSSR count). The zero-order chi connectivity index (χ0) is 40.3. The van der Waals surface area contributed by atoms with Crippen LogP contribution in [-0.2, 0) is 28.5 Å². The number of Topliss-reactive ketones (excluding diaryl/α,β-unsaturated/α-hetero) is 1. The minimum absolute atomic E-state index is 0.0371. The Bertz CT molecular complexity index is 1710.